The summed E-state index contributed by atoms with van der Waals surface area (Å²) in [7, 11) is 2.00. The van der Waals surface area contributed by atoms with Crippen LogP contribution in [0, 0.1) is 5.82 Å². The van der Waals surface area contributed by atoms with Gasteiger partial charge in [-0.1, -0.05) is 0 Å². The van der Waals surface area contributed by atoms with Crippen LogP contribution in [-0.2, 0) is 0 Å². The third-order valence-corrected chi connectivity index (χ3v) is 3.17. The van der Waals surface area contributed by atoms with Crippen molar-refractivity contribution in [1.29, 1.82) is 0 Å². The number of anilines is 2. The molecule has 16 heavy (non-hydrogen) atoms. The van der Waals surface area contributed by atoms with Gasteiger partial charge in [-0.15, -0.1) is 0 Å². The van der Waals surface area contributed by atoms with E-state index < -0.39 is 0 Å². The van der Waals surface area contributed by atoms with E-state index in [1.807, 2.05) is 13.1 Å². The SMILES string of the molecule is CN(c1cc(N)cc(F)c1)C1CCNCC1. The van der Waals surface area contributed by atoms with E-state index in [-0.39, 0.29) is 5.82 Å². The molecule has 3 nitrogen and oxygen atoms in total. The second-order valence-corrected chi connectivity index (χ2v) is 4.33. The zero-order valence-electron chi connectivity index (χ0n) is 9.54. The van der Waals surface area contributed by atoms with Crippen molar-refractivity contribution in [3.63, 3.8) is 0 Å². The van der Waals surface area contributed by atoms with Crippen LogP contribution in [0.3, 0.4) is 0 Å². The molecule has 0 aromatic heterocycles. The molecule has 0 unspecified atom stereocenters. The van der Waals surface area contributed by atoms with Crippen molar-refractivity contribution in [1.82, 2.24) is 5.32 Å². The van der Waals surface area contributed by atoms with Gasteiger partial charge in [0.1, 0.15) is 5.82 Å². The summed E-state index contributed by atoms with van der Waals surface area (Å²) >= 11 is 0. The fraction of sp³-hybridized carbons (Fsp3) is 0.500. The maximum Gasteiger partial charge on any atom is 0.127 e. The minimum absolute atomic E-state index is 0.268. The molecule has 2 rings (SSSR count). The predicted molar refractivity (Wildman–Crippen MR) is 65.1 cm³/mol. The minimum Gasteiger partial charge on any atom is -0.399 e. The molecule has 0 bridgehead atoms. The summed E-state index contributed by atoms with van der Waals surface area (Å²) in [5.74, 6) is -0.268. The Kier molecular flexibility index (Phi) is 3.29. The molecule has 0 radical (unpaired) electrons. The Morgan fingerprint density at radius 1 is 1.31 bits per heavy atom. The highest BCUT2D eigenvalue weighted by atomic mass is 19.1. The molecule has 3 N–H and O–H groups in total. The van der Waals surface area contributed by atoms with Crippen LogP contribution in [-0.4, -0.2) is 26.2 Å². The van der Waals surface area contributed by atoms with E-state index >= 15 is 0 Å². The van der Waals surface area contributed by atoms with Crippen molar-refractivity contribution in [3.05, 3.63) is 24.0 Å². The Morgan fingerprint density at radius 2 is 2.00 bits per heavy atom. The molecule has 0 saturated carbocycles. The van der Waals surface area contributed by atoms with E-state index in [0.29, 0.717) is 11.7 Å². The van der Waals surface area contributed by atoms with E-state index in [4.69, 9.17) is 5.73 Å². The highest BCUT2D eigenvalue weighted by molar-refractivity contribution is 5.56. The number of nitrogens with zero attached hydrogens (tertiary/aromatic N) is 1. The van der Waals surface area contributed by atoms with Crippen molar-refractivity contribution in [2.24, 2.45) is 0 Å². The Morgan fingerprint density at radius 3 is 2.62 bits per heavy atom. The molecular formula is C12H18FN3. The largest absolute Gasteiger partial charge is 0.399 e. The number of nitrogens with two attached hydrogens (primary N) is 1. The molecule has 1 aliphatic rings. The number of rotatable bonds is 2. The third kappa shape index (κ3) is 2.44. The summed E-state index contributed by atoms with van der Waals surface area (Å²) in [6.45, 7) is 2.06. The van der Waals surface area contributed by atoms with Crippen molar-refractivity contribution in [2.75, 3.05) is 30.8 Å². The maximum atomic E-state index is 13.2. The van der Waals surface area contributed by atoms with Crippen LogP contribution in [0.4, 0.5) is 15.8 Å². The van der Waals surface area contributed by atoms with E-state index in [1.54, 1.807) is 6.07 Å². The normalized spacial score (nSPS) is 17.4. The van der Waals surface area contributed by atoms with Gasteiger partial charge in [-0.25, -0.2) is 4.39 Å². The number of benzene rings is 1. The molecule has 0 amide bonds. The Balaban J connectivity index is 2.15. The Labute approximate surface area is 95.4 Å². The fourth-order valence-electron chi connectivity index (χ4n) is 2.20. The predicted octanol–water partition coefficient (Wildman–Crippen LogP) is 1.60. The molecule has 1 aliphatic heterocycles. The van der Waals surface area contributed by atoms with Gasteiger partial charge in [0, 0.05) is 24.5 Å². The van der Waals surface area contributed by atoms with Crippen molar-refractivity contribution in [2.45, 2.75) is 18.9 Å². The molecule has 1 saturated heterocycles. The van der Waals surface area contributed by atoms with Crippen molar-refractivity contribution < 1.29 is 4.39 Å². The first-order valence-corrected chi connectivity index (χ1v) is 5.66. The van der Waals surface area contributed by atoms with Gasteiger partial charge in [0.2, 0.25) is 0 Å². The lowest BCUT2D eigenvalue weighted by atomic mass is 10.0. The first kappa shape index (κ1) is 11.2. The first-order valence-electron chi connectivity index (χ1n) is 5.66. The van der Waals surface area contributed by atoms with Crippen molar-refractivity contribution in [3.8, 4) is 0 Å². The van der Waals surface area contributed by atoms with Crippen LogP contribution in [0.5, 0.6) is 0 Å². The average molecular weight is 223 g/mol. The van der Waals surface area contributed by atoms with E-state index in [1.165, 1.54) is 6.07 Å². The molecule has 0 aliphatic carbocycles. The van der Waals surface area contributed by atoms with Gasteiger partial charge in [-0.2, -0.15) is 0 Å². The molecule has 1 fully saturated rings. The molecule has 0 spiro atoms. The van der Waals surface area contributed by atoms with Gasteiger partial charge in [-0.05, 0) is 44.1 Å². The van der Waals surface area contributed by atoms with Gasteiger partial charge in [0.25, 0.3) is 0 Å². The van der Waals surface area contributed by atoms with Crippen LogP contribution >= 0.6 is 0 Å². The third-order valence-electron chi connectivity index (χ3n) is 3.17. The summed E-state index contributed by atoms with van der Waals surface area (Å²) in [6, 6.07) is 5.19. The lowest BCUT2D eigenvalue weighted by molar-refractivity contribution is 0.443. The molecule has 1 heterocycles. The lowest BCUT2D eigenvalue weighted by Gasteiger charge is -2.33. The van der Waals surface area contributed by atoms with Crippen LogP contribution in [0.15, 0.2) is 18.2 Å². The van der Waals surface area contributed by atoms with Gasteiger partial charge in [-0.3, -0.25) is 0 Å². The Hall–Kier alpha value is -1.29. The van der Waals surface area contributed by atoms with Crippen LogP contribution in [0.2, 0.25) is 0 Å². The molecule has 1 aromatic rings. The molecule has 4 heteroatoms. The topological polar surface area (TPSA) is 41.3 Å². The number of nitrogen functional groups attached to an aromatic ring is 1. The number of halogens is 1. The van der Waals surface area contributed by atoms with Crippen LogP contribution in [0.1, 0.15) is 12.8 Å². The second kappa shape index (κ2) is 4.70. The molecule has 88 valence electrons. The zero-order chi connectivity index (χ0) is 11.5. The quantitative estimate of drug-likeness (QED) is 0.748. The summed E-state index contributed by atoms with van der Waals surface area (Å²) in [4.78, 5) is 2.13. The Bertz CT molecular complexity index is 341. The van der Waals surface area contributed by atoms with Gasteiger partial charge in [0.15, 0.2) is 0 Å². The first-order chi connectivity index (χ1) is 7.66. The monoisotopic (exact) mass is 223 g/mol. The number of hydrogen-bond acceptors (Lipinski definition) is 3. The highest BCUT2D eigenvalue weighted by Gasteiger charge is 2.18. The van der Waals surface area contributed by atoms with E-state index in [0.717, 1.165) is 31.6 Å². The molecule has 1 aromatic carbocycles. The summed E-state index contributed by atoms with van der Waals surface area (Å²) in [5.41, 5.74) is 7.00. The van der Waals surface area contributed by atoms with E-state index in [9.17, 15) is 4.39 Å². The van der Waals surface area contributed by atoms with Gasteiger partial charge < -0.3 is 16.0 Å². The van der Waals surface area contributed by atoms with E-state index in [2.05, 4.69) is 10.2 Å². The zero-order valence-corrected chi connectivity index (χ0v) is 9.54. The second-order valence-electron chi connectivity index (χ2n) is 4.33. The van der Waals surface area contributed by atoms with Gasteiger partial charge in [0.05, 0.1) is 0 Å². The molecule has 0 atom stereocenters. The number of hydrogen-bond donors (Lipinski definition) is 2. The molecular weight excluding hydrogens is 205 g/mol. The highest BCUT2D eigenvalue weighted by Crippen LogP contribution is 2.23. The number of piperidine rings is 1. The average Bonchev–Trinajstić information content (AvgIpc) is 2.28. The van der Waals surface area contributed by atoms with Gasteiger partial charge >= 0.3 is 0 Å². The fourth-order valence-corrected chi connectivity index (χ4v) is 2.20. The van der Waals surface area contributed by atoms with Crippen LogP contribution < -0.4 is 16.0 Å². The summed E-state index contributed by atoms with van der Waals surface area (Å²) < 4.78 is 13.2. The lowest BCUT2D eigenvalue weighted by Crippen LogP contribution is -2.41. The number of nitrogens with one attached hydrogen (secondary N) is 1. The maximum absolute atomic E-state index is 13.2. The smallest absolute Gasteiger partial charge is 0.127 e. The minimum atomic E-state index is -0.268. The van der Waals surface area contributed by atoms with Crippen LogP contribution in [0.25, 0.3) is 0 Å². The summed E-state index contributed by atoms with van der Waals surface area (Å²) in [6.07, 6.45) is 2.18. The van der Waals surface area contributed by atoms with Crippen molar-refractivity contribution >= 4 is 11.4 Å². The summed E-state index contributed by atoms with van der Waals surface area (Å²) in [5, 5.41) is 3.32. The standard InChI is InChI=1S/C12H18FN3/c1-16(11-2-4-15-5-3-11)12-7-9(13)6-10(14)8-12/h6-8,11,15H,2-5,14H2,1H3.